The number of hydrogen-bond acceptors (Lipinski definition) is 3. The molecule has 1 saturated heterocycles. The minimum Gasteiger partial charge on any atom is -0.508 e. The van der Waals surface area contributed by atoms with Crippen molar-refractivity contribution >= 4 is 6.03 Å². The average molecular weight is 264 g/mol. The van der Waals surface area contributed by atoms with E-state index in [1.54, 1.807) is 17.0 Å². The maximum Gasteiger partial charge on any atom is 0.317 e. The fraction of sp³-hybridized carbons (Fsp3) is 0.500. The molecule has 0 aliphatic carbocycles. The Hall–Kier alpha value is -1.75. The van der Waals surface area contributed by atoms with Crippen LogP contribution in [0.2, 0.25) is 0 Å². The summed E-state index contributed by atoms with van der Waals surface area (Å²) in [6.45, 7) is 4.50. The molecule has 2 N–H and O–H groups in total. The van der Waals surface area contributed by atoms with Crippen LogP contribution in [0.1, 0.15) is 12.5 Å². The predicted octanol–water partition coefficient (Wildman–Crippen LogP) is 1.36. The first kappa shape index (κ1) is 13.7. The van der Waals surface area contributed by atoms with Gasteiger partial charge < -0.3 is 20.1 Å². The Balaban J connectivity index is 1.81. The molecule has 5 heteroatoms. The van der Waals surface area contributed by atoms with E-state index in [1.807, 2.05) is 19.1 Å². The highest BCUT2D eigenvalue weighted by molar-refractivity contribution is 5.74. The van der Waals surface area contributed by atoms with E-state index in [0.717, 1.165) is 12.0 Å². The van der Waals surface area contributed by atoms with Crippen molar-refractivity contribution in [1.82, 2.24) is 10.2 Å². The van der Waals surface area contributed by atoms with Gasteiger partial charge in [0.25, 0.3) is 0 Å². The van der Waals surface area contributed by atoms with Crippen LogP contribution in [0.3, 0.4) is 0 Å². The van der Waals surface area contributed by atoms with Gasteiger partial charge >= 0.3 is 6.03 Å². The smallest absolute Gasteiger partial charge is 0.317 e. The zero-order valence-electron chi connectivity index (χ0n) is 11.1. The van der Waals surface area contributed by atoms with E-state index in [2.05, 4.69) is 5.32 Å². The number of nitrogens with zero attached hydrogens (tertiary/aromatic N) is 1. The largest absolute Gasteiger partial charge is 0.508 e. The van der Waals surface area contributed by atoms with Crippen LogP contribution < -0.4 is 5.32 Å². The molecule has 1 fully saturated rings. The van der Waals surface area contributed by atoms with E-state index in [-0.39, 0.29) is 17.8 Å². The number of morpholine rings is 1. The van der Waals surface area contributed by atoms with Crippen LogP contribution in [0.4, 0.5) is 4.79 Å². The van der Waals surface area contributed by atoms with Crippen molar-refractivity contribution in [2.75, 3.05) is 26.3 Å². The lowest BCUT2D eigenvalue weighted by Crippen LogP contribution is -2.49. The van der Waals surface area contributed by atoms with Crippen LogP contribution in [0.5, 0.6) is 5.75 Å². The maximum atomic E-state index is 12.0. The van der Waals surface area contributed by atoms with Crippen molar-refractivity contribution in [3.8, 4) is 5.75 Å². The van der Waals surface area contributed by atoms with Gasteiger partial charge in [0.1, 0.15) is 5.75 Å². The number of rotatable bonds is 3. The number of benzene rings is 1. The van der Waals surface area contributed by atoms with E-state index in [4.69, 9.17) is 4.74 Å². The van der Waals surface area contributed by atoms with Gasteiger partial charge in [-0.2, -0.15) is 0 Å². The molecular weight excluding hydrogens is 244 g/mol. The molecular formula is C14H20N2O3. The summed E-state index contributed by atoms with van der Waals surface area (Å²) in [5, 5.41) is 12.2. The zero-order valence-corrected chi connectivity index (χ0v) is 11.1. The van der Waals surface area contributed by atoms with Gasteiger partial charge in [0.05, 0.1) is 13.2 Å². The fourth-order valence-electron chi connectivity index (χ4n) is 2.11. The standard InChI is InChI=1S/C14H20N2O3/c1-11(10-12-2-4-13(17)5-3-12)15-14(18)16-6-8-19-9-7-16/h2-5,11,17H,6-10H2,1H3,(H,15,18). The van der Waals surface area contributed by atoms with E-state index in [0.29, 0.717) is 26.3 Å². The SMILES string of the molecule is CC(Cc1ccc(O)cc1)NC(=O)N1CCOCC1. The van der Waals surface area contributed by atoms with Crippen molar-refractivity contribution in [3.63, 3.8) is 0 Å². The van der Waals surface area contributed by atoms with Gasteiger partial charge in [0.2, 0.25) is 0 Å². The molecule has 2 rings (SSSR count). The predicted molar refractivity (Wildman–Crippen MR) is 72.2 cm³/mol. The van der Waals surface area contributed by atoms with Crippen molar-refractivity contribution < 1.29 is 14.6 Å². The molecule has 104 valence electrons. The van der Waals surface area contributed by atoms with Gasteiger partial charge in [-0.15, -0.1) is 0 Å². The quantitative estimate of drug-likeness (QED) is 0.866. The second-order valence-corrected chi connectivity index (χ2v) is 4.82. The molecule has 1 unspecified atom stereocenters. The van der Waals surface area contributed by atoms with E-state index in [9.17, 15) is 9.90 Å². The molecule has 0 saturated carbocycles. The molecule has 1 atom stereocenters. The summed E-state index contributed by atoms with van der Waals surface area (Å²) < 4.78 is 5.22. The second-order valence-electron chi connectivity index (χ2n) is 4.82. The molecule has 1 aliphatic heterocycles. The lowest BCUT2D eigenvalue weighted by atomic mass is 10.1. The summed E-state index contributed by atoms with van der Waals surface area (Å²) in [6, 6.07) is 7.08. The zero-order chi connectivity index (χ0) is 13.7. The molecule has 0 radical (unpaired) electrons. The lowest BCUT2D eigenvalue weighted by Gasteiger charge is -2.28. The number of phenolic OH excluding ortho intramolecular Hbond substituents is 1. The van der Waals surface area contributed by atoms with Gasteiger partial charge in [-0.05, 0) is 31.0 Å². The minimum absolute atomic E-state index is 0.0328. The van der Waals surface area contributed by atoms with Gasteiger partial charge in [-0.1, -0.05) is 12.1 Å². The van der Waals surface area contributed by atoms with Crippen molar-refractivity contribution in [2.45, 2.75) is 19.4 Å². The third-order valence-corrected chi connectivity index (χ3v) is 3.15. The Morgan fingerprint density at radius 1 is 1.37 bits per heavy atom. The van der Waals surface area contributed by atoms with E-state index < -0.39 is 0 Å². The Morgan fingerprint density at radius 3 is 2.63 bits per heavy atom. The first-order valence-electron chi connectivity index (χ1n) is 6.56. The summed E-state index contributed by atoms with van der Waals surface area (Å²) in [6.07, 6.45) is 0.746. The van der Waals surface area contributed by atoms with Crippen molar-refractivity contribution in [3.05, 3.63) is 29.8 Å². The molecule has 1 aliphatic rings. The molecule has 2 amide bonds. The van der Waals surface area contributed by atoms with Gasteiger partial charge in [0, 0.05) is 19.1 Å². The first-order valence-corrected chi connectivity index (χ1v) is 6.56. The number of aromatic hydroxyl groups is 1. The Kier molecular flexibility index (Phi) is 4.63. The number of carbonyl (C=O) groups is 1. The van der Waals surface area contributed by atoms with Crippen LogP contribution >= 0.6 is 0 Å². The second kappa shape index (κ2) is 6.43. The van der Waals surface area contributed by atoms with Crippen molar-refractivity contribution in [2.24, 2.45) is 0 Å². The third kappa shape index (κ3) is 4.13. The monoisotopic (exact) mass is 264 g/mol. The first-order chi connectivity index (χ1) is 9.15. The summed E-state index contributed by atoms with van der Waals surface area (Å²) >= 11 is 0. The Labute approximate surface area is 113 Å². The summed E-state index contributed by atoms with van der Waals surface area (Å²) in [5.74, 6) is 0.258. The molecule has 0 aromatic heterocycles. The van der Waals surface area contributed by atoms with Crippen molar-refractivity contribution in [1.29, 1.82) is 0 Å². The van der Waals surface area contributed by atoms with Gasteiger partial charge in [0.15, 0.2) is 0 Å². The van der Waals surface area contributed by atoms with E-state index >= 15 is 0 Å². The maximum absolute atomic E-state index is 12.0. The number of ether oxygens (including phenoxy) is 1. The highest BCUT2D eigenvalue weighted by Gasteiger charge is 2.18. The number of phenols is 1. The van der Waals surface area contributed by atoms with Crippen LogP contribution in [-0.2, 0) is 11.2 Å². The molecule has 1 aromatic rings. The molecule has 5 nitrogen and oxygen atoms in total. The molecule has 1 aromatic carbocycles. The third-order valence-electron chi connectivity index (χ3n) is 3.15. The summed E-state index contributed by atoms with van der Waals surface area (Å²) in [4.78, 5) is 13.7. The summed E-state index contributed by atoms with van der Waals surface area (Å²) in [7, 11) is 0. The van der Waals surface area contributed by atoms with Crippen LogP contribution in [0, 0.1) is 0 Å². The highest BCUT2D eigenvalue weighted by atomic mass is 16.5. The minimum atomic E-state index is -0.0328. The average Bonchev–Trinajstić information content (AvgIpc) is 2.42. The molecule has 19 heavy (non-hydrogen) atoms. The topological polar surface area (TPSA) is 61.8 Å². The molecule has 1 heterocycles. The number of urea groups is 1. The van der Waals surface area contributed by atoms with E-state index in [1.165, 1.54) is 0 Å². The van der Waals surface area contributed by atoms with Crippen LogP contribution in [0.15, 0.2) is 24.3 Å². The van der Waals surface area contributed by atoms with Crippen LogP contribution in [-0.4, -0.2) is 48.4 Å². The van der Waals surface area contributed by atoms with Gasteiger partial charge in [-0.3, -0.25) is 0 Å². The number of carbonyl (C=O) groups excluding carboxylic acids is 1. The number of hydrogen-bond donors (Lipinski definition) is 2. The highest BCUT2D eigenvalue weighted by Crippen LogP contribution is 2.11. The normalized spacial score (nSPS) is 17.0. The Bertz CT molecular complexity index is 413. The number of amides is 2. The fourth-order valence-corrected chi connectivity index (χ4v) is 2.11. The molecule has 0 spiro atoms. The summed E-state index contributed by atoms with van der Waals surface area (Å²) in [5.41, 5.74) is 1.09. The van der Waals surface area contributed by atoms with Gasteiger partial charge in [-0.25, -0.2) is 4.79 Å². The van der Waals surface area contributed by atoms with Crippen LogP contribution in [0.25, 0.3) is 0 Å². The Morgan fingerprint density at radius 2 is 2.00 bits per heavy atom. The number of nitrogens with one attached hydrogen (secondary N) is 1. The lowest BCUT2D eigenvalue weighted by molar-refractivity contribution is 0.0526. The molecule has 0 bridgehead atoms.